The van der Waals surface area contributed by atoms with Crippen molar-refractivity contribution in [2.45, 2.75) is 50.5 Å². The number of halogens is 5. The highest BCUT2D eigenvalue weighted by Crippen LogP contribution is 2.38. The number of ether oxygens (including phenoxy) is 1. The number of rotatable bonds is 9. The smallest absolute Gasteiger partial charge is 0.264 e. The van der Waals surface area contributed by atoms with Crippen LogP contribution in [-0.2, 0) is 17.9 Å². The fourth-order valence-corrected chi connectivity index (χ4v) is 6.66. The first-order chi connectivity index (χ1) is 22.3. The molecule has 0 radical (unpaired) electrons. The average Bonchev–Trinajstić information content (AvgIpc) is 3.80. The highest BCUT2D eigenvalue weighted by atomic mass is 35.5. The monoisotopic (exact) mass is 685 g/mol. The van der Waals surface area contributed by atoms with E-state index in [0.29, 0.717) is 35.3 Å². The molecule has 13 heteroatoms. The number of piperazine rings is 1. The molecule has 7 rings (SSSR count). The van der Waals surface area contributed by atoms with Crippen LogP contribution >= 0.6 is 34.8 Å². The fraction of sp³-hybridized carbons (Fsp3) is 0.303. The first-order valence-electron chi connectivity index (χ1n) is 14.9. The van der Waals surface area contributed by atoms with Crippen LogP contribution in [0.4, 0.5) is 8.78 Å². The molecule has 4 aromatic rings. The molecule has 3 aliphatic rings. The first-order valence-corrected chi connectivity index (χ1v) is 16.0. The van der Waals surface area contributed by atoms with E-state index in [0.717, 1.165) is 53.8 Å². The van der Waals surface area contributed by atoms with E-state index in [1.54, 1.807) is 6.07 Å². The number of carbonyl (C=O) groups is 1. The van der Waals surface area contributed by atoms with Gasteiger partial charge in [-0.25, -0.2) is 8.78 Å². The summed E-state index contributed by atoms with van der Waals surface area (Å²) in [7, 11) is 0. The number of nitrogens with one attached hydrogen (secondary N) is 2. The van der Waals surface area contributed by atoms with Crippen molar-refractivity contribution in [1.82, 2.24) is 25.7 Å². The summed E-state index contributed by atoms with van der Waals surface area (Å²) in [5.41, 5.74) is 3.23. The van der Waals surface area contributed by atoms with E-state index < -0.39 is 16.7 Å². The van der Waals surface area contributed by atoms with Crippen molar-refractivity contribution in [2.75, 3.05) is 13.1 Å². The SMILES string of the molecule is O=C(C1=C(c2ccc(OCc3nc(-c4c(F)ccc(F)c4Cl)no3)cc2)CC2CNCC1N2)N(Cc1cccc(Cl)c1Cl)C1CC1. The zero-order valence-corrected chi connectivity index (χ0v) is 26.6. The third kappa shape index (κ3) is 6.24. The van der Waals surface area contributed by atoms with Crippen LogP contribution in [0.1, 0.15) is 36.3 Å². The Hall–Kier alpha value is -3.54. The van der Waals surface area contributed by atoms with Crippen molar-refractivity contribution in [3.8, 4) is 17.1 Å². The molecule has 2 bridgehead atoms. The maximum absolute atomic E-state index is 14.4. The number of hydrogen-bond donors (Lipinski definition) is 2. The molecule has 3 heterocycles. The van der Waals surface area contributed by atoms with E-state index in [1.807, 2.05) is 41.3 Å². The van der Waals surface area contributed by atoms with Gasteiger partial charge in [-0.1, -0.05) is 64.2 Å². The minimum absolute atomic E-state index is 0.00412. The third-order valence-corrected chi connectivity index (χ3v) is 9.68. The predicted molar refractivity (Wildman–Crippen MR) is 171 cm³/mol. The molecule has 1 saturated carbocycles. The lowest BCUT2D eigenvalue weighted by Gasteiger charge is -2.41. The van der Waals surface area contributed by atoms with Gasteiger partial charge < -0.3 is 24.8 Å². The Kier molecular flexibility index (Phi) is 8.73. The maximum Gasteiger partial charge on any atom is 0.264 e. The summed E-state index contributed by atoms with van der Waals surface area (Å²) in [6, 6.07) is 15.1. The van der Waals surface area contributed by atoms with Crippen molar-refractivity contribution in [3.63, 3.8) is 0 Å². The zero-order chi connectivity index (χ0) is 31.9. The van der Waals surface area contributed by atoms with Crippen LogP contribution in [0.25, 0.3) is 17.0 Å². The summed E-state index contributed by atoms with van der Waals surface area (Å²) in [5.74, 6) is -1.15. The van der Waals surface area contributed by atoms with Crippen LogP contribution < -0.4 is 15.4 Å². The highest BCUT2D eigenvalue weighted by molar-refractivity contribution is 6.42. The van der Waals surface area contributed by atoms with Crippen molar-refractivity contribution in [2.24, 2.45) is 0 Å². The number of carbonyl (C=O) groups excluding carboxylic acids is 1. The molecule has 2 unspecified atom stereocenters. The molecular weight excluding hydrogens is 659 g/mol. The number of benzene rings is 3. The molecule has 46 heavy (non-hydrogen) atoms. The van der Waals surface area contributed by atoms with Gasteiger partial charge in [0.15, 0.2) is 6.61 Å². The van der Waals surface area contributed by atoms with Crippen LogP contribution in [0.15, 0.2) is 64.7 Å². The maximum atomic E-state index is 14.4. The standard InChI is InChI=1S/C33H28Cl3F2N5O3/c34-23-3-1-2-18(30(23)35)15-43(20-6-7-20)33(44)28-22(12-19-13-39-14-26(28)40-19)17-4-8-21(9-5-17)45-16-27-41-32(42-46-27)29-24(37)10-11-25(38)31(29)36/h1-5,8-11,19-20,26,39-40H,6-7,12-16H2. The van der Waals surface area contributed by atoms with Gasteiger partial charge in [-0.2, -0.15) is 4.98 Å². The normalized spacial score (nSPS) is 19.3. The number of nitrogens with zero attached hydrogens (tertiary/aromatic N) is 3. The largest absolute Gasteiger partial charge is 0.484 e. The highest BCUT2D eigenvalue weighted by Gasteiger charge is 2.41. The van der Waals surface area contributed by atoms with E-state index in [1.165, 1.54) is 0 Å². The second-order valence-corrected chi connectivity index (χ2v) is 12.8. The number of fused-ring (bicyclic) bond motifs is 2. The number of amides is 1. The van der Waals surface area contributed by atoms with Crippen LogP contribution in [0.2, 0.25) is 15.1 Å². The first kappa shape index (κ1) is 31.1. The summed E-state index contributed by atoms with van der Waals surface area (Å²) in [5, 5.41) is 11.3. The zero-order valence-electron chi connectivity index (χ0n) is 24.3. The quantitative estimate of drug-likeness (QED) is 0.187. The van der Waals surface area contributed by atoms with Gasteiger partial charge in [0.25, 0.3) is 11.8 Å². The van der Waals surface area contributed by atoms with Gasteiger partial charge in [-0.05, 0) is 66.3 Å². The summed E-state index contributed by atoms with van der Waals surface area (Å²) in [6.07, 6.45) is 2.58. The topological polar surface area (TPSA) is 92.5 Å². The van der Waals surface area contributed by atoms with E-state index >= 15 is 0 Å². The van der Waals surface area contributed by atoms with E-state index in [2.05, 4.69) is 20.8 Å². The van der Waals surface area contributed by atoms with Gasteiger partial charge in [-0.3, -0.25) is 4.79 Å². The molecule has 2 fully saturated rings. The van der Waals surface area contributed by atoms with Gasteiger partial charge in [0.1, 0.15) is 17.4 Å². The molecule has 3 aromatic carbocycles. The van der Waals surface area contributed by atoms with Crippen LogP contribution in [0, 0.1) is 11.6 Å². The number of hydrogen-bond acceptors (Lipinski definition) is 7. The lowest BCUT2D eigenvalue weighted by Crippen LogP contribution is -2.60. The molecule has 0 spiro atoms. The molecule has 238 valence electrons. The van der Waals surface area contributed by atoms with Crippen molar-refractivity contribution < 1.29 is 22.8 Å². The van der Waals surface area contributed by atoms with Crippen LogP contribution in [0.3, 0.4) is 0 Å². The molecule has 1 aliphatic carbocycles. The summed E-state index contributed by atoms with van der Waals surface area (Å²) >= 11 is 18.7. The van der Waals surface area contributed by atoms with Crippen molar-refractivity contribution in [3.05, 3.63) is 104 Å². The van der Waals surface area contributed by atoms with Crippen LogP contribution in [-0.4, -0.2) is 52.2 Å². The van der Waals surface area contributed by atoms with Crippen LogP contribution in [0.5, 0.6) is 5.75 Å². The second kappa shape index (κ2) is 12.9. The molecule has 1 amide bonds. The molecule has 1 aromatic heterocycles. The summed E-state index contributed by atoms with van der Waals surface area (Å²) < 4.78 is 39.2. The molecule has 1 saturated heterocycles. The summed E-state index contributed by atoms with van der Waals surface area (Å²) in [4.78, 5) is 20.4. The van der Waals surface area contributed by atoms with E-state index in [4.69, 9.17) is 44.1 Å². The Labute approximate surface area is 278 Å². The number of aromatic nitrogens is 2. The van der Waals surface area contributed by atoms with Gasteiger partial charge >= 0.3 is 0 Å². The fourth-order valence-electron chi connectivity index (χ4n) is 6.05. The van der Waals surface area contributed by atoms with Gasteiger partial charge in [0.05, 0.1) is 26.7 Å². The van der Waals surface area contributed by atoms with E-state index in [9.17, 15) is 13.6 Å². The minimum Gasteiger partial charge on any atom is -0.484 e. The predicted octanol–water partition coefficient (Wildman–Crippen LogP) is 6.83. The third-order valence-electron chi connectivity index (χ3n) is 8.45. The average molecular weight is 687 g/mol. The Morgan fingerprint density at radius 3 is 2.57 bits per heavy atom. The molecule has 2 N–H and O–H groups in total. The Balaban J connectivity index is 1.12. The lowest BCUT2D eigenvalue weighted by molar-refractivity contribution is -0.128. The van der Waals surface area contributed by atoms with Gasteiger partial charge in [-0.15, -0.1) is 0 Å². The second-order valence-electron chi connectivity index (χ2n) is 11.6. The minimum atomic E-state index is -0.792. The van der Waals surface area contributed by atoms with Crippen molar-refractivity contribution in [1.29, 1.82) is 0 Å². The Morgan fingerprint density at radius 1 is 1.00 bits per heavy atom. The molecule has 8 nitrogen and oxygen atoms in total. The Bertz CT molecular complexity index is 1830. The summed E-state index contributed by atoms with van der Waals surface area (Å²) in [6.45, 7) is 1.74. The molecule has 2 atom stereocenters. The van der Waals surface area contributed by atoms with Gasteiger partial charge in [0.2, 0.25) is 5.82 Å². The molecule has 2 aliphatic heterocycles. The molecular formula is C33H28Cl3F2N5O3. The van der Waals surface area contributed by atoms with Gasteiger partial charge in [0, 0.05) is 37.3 Å². The Morgan fingerprint density at radius 2 is 1.78 bits per heavy atom. The van der Waals surface area contributed by atoms with Crippen molar-refractivity contribution >= 4 is 46.3 Å². The lowest BCUT2D eigenvalue weighted by atomic mass is 9.83. The van der Waals surface area contributed by atoms with E-state index in [-0.39, 0.29) is 47.9 Å².